The van der Waals surface area contributed by atoms with Crippen molar-refractivity contribution in [3.63, 3.8) is 0 Å². The molecule has 84 valence electrons. The molecule has 0 aromatic carbocycles. The number of aryl methyl sites for hydroxylation is 2. The van der Waals surface area contributed by atoms with Crippen molar-refractivity contribution in [2.24, 2.45) is 5.41 Å². The highest BCUT2D eigenvalue weighted by Crippen LogP contribution is 2.43. The minimum atomic E-state index is -0.322. The first-order valence-corrected chi connectivity index (χ1v) is 5.49. The van der Waals surface area contributed by atoms with E-state index in [0.29, 0.717) is 0 Å². The molecular weight excluding hydrogens is 190 g/mol. The number of aromatic nitrogens is 3. The predicted molar refractivity (Wildman–Crippen MR) is 57.6 cm³/mol. The van der Waals surface area contributed by atoms with E-state index in [1.165, 1.54) is 0 Å². The lowest BCUT2D eigenvalue weighted by Crippen LogP contribution is -2.30. The van der Waals surface area contributed by atoms with E-state index in [-0.39, 0.29) is 17.6 Å². The molecule has 4 heteroatoms. The van der Waals surface area contributed by atoms with Gasteiger partial charge in [-0.1, -0.05) is 13.8 Å². The fourth-order valence-corrected chi connectivity index (χ4v) is 2.45. The van der Waals surface area contributed by atoms with Crippen LogP contribution in [0.2, 0.25) is 0 Å². The highest BCUT2D eigenvalue weighted by Gasteiger charge is 2.42. The summed E-state index contributed by atoms with van der Waals surface area (Å²) in [4.78, 5) is 4.28. The molecule has 2 unspecified atom stereocenters. The van der Waals surface area contributed by atoms with Crippen molar-refractivity contribution in [1.82, 2.24) is 14.8 Å². The van der Waals surface area contributed by atoms with E-state index in [9.17, 15) is 5.11 Å². The second-order valence-electron chi connectivity index (χ2n) is 5.19. The maximum absolute atomic E-state index is 10.2. The third-order valence-electron chi connectivity index (χ3n) is 3.47. The third kappa shape index (κ3) is 1.67. The Kier molecular flexibility index (Phi) is 2.34. The summed E-state index contributed by atoms with van der Waals surface area (Å²) in [5, 5.41) is 14.6. The van der Waals surface area contributed by atoms with E-state index in [4.69, 9.17) is 0 Å². The van der Waals surface area contributed by atoms with Crippen LogP contribution in [-0.4, -0.2) is 26.0 Å². The van der Waals surface area contributed by atoms with Crippen LogP contribution < -0.4 is 0 Å². The molecule has 1 N–H and O–H groups in total. The molecule has 0 saturated heterocycles. The van der Waals surface area contributed by atoms with Crippen molar-refractivity contribution in [3.8, 4) is 0 Å². The second kappa shape index (κ2) is 3.30. The minimum absolute atomic E-state index is 0.00301. The van der Waals surface area contributed by atoms with Gasteiger partial charge in [0.05, 0.1) is 12.1 Å². The van der Waals surface area contributed by atoms with Crippen LogP contribution in [0, 0.1) is 19.3 Å². The molecule has 0 aliphatic heterocycles. The number of aliphatic hydroxyl groups excluding tert-OH is 1. The van der Waals surface area contributed by atoms with Crippen molar-refractivity contribution in [2.45, 2.75) is 52.7 Å². The third-order valence-corrected chi connectivity index (χ3v) is 3.47. The van der Waals surface area contributed by atoms with Crippen LogP contribution in [0.3, 0.4) is 0 Å². The van der Waals surface area contributed by atoms with Gasteiger partial charge < -0.3 is 5.11 Å². The van der Waals surface area contributed by atoms with Crippen LogP contribution in [0.15, 0.2) is 0 Å². The quantitative estimate of drug-likeness (QED) is 0.764. The maximum Gasteiger partial charge on any atom is 0.147 e. The number of hydrogen-bond acceptors (Lipinski definition) is 3. The first-order valence-electron chi connectivity index (χ1n) is 5.49. The highest BCUT2D eigenvalue weighted by molar-refractivity contribution is 4.99. The summed E-state index contributed by atoms with van der Waals surface area (Å²) in [5.41, 5.74) is -0.00301. The van der Waals surface area contributed by atoms with Crippen LogP contribution in [0.1, 0.15) is 44.4 Å². The maximum atomic E-state index is 10.2. The summed E-state index contributed by atoms with van der Waals surface area (Å²) in [7, 11) is 0. The molecule has 1 aromatic rings. The number of rotatable bonds is 1. The molecule has 1 aromatic heterocycles. The Labute approximate surface area is 90.3 Å². The Hall–Kier alpha value is -0.900. The van der Waals surface area contributed by atoms with Crippen molar-refractivity contribution >= 4 is 0 Å². The van der Waals surface area contributed by atoms with Gasteiger partial charge in [-0.05, 0) is 32.1 Å². The second-order valence-corrected chi connectivity index (χ2v) is 5.19. The molecule has 0 bridgehead atoms. The van der Waals surface area contributed by atoms with E-state index >= 15 is 0 Å². The molecule has 1 saturated carbocycles. The fourth-order valence-electron chi connectivity index (χ4n) is 2.45. The van der Waals surface area contributed by atoms with Gasteiger partial charge in [0.1, 0.15) is 11.6 Å². The first kappa shape index (κ1) is 10.6. The predicted octanol–water partition coefficient (Wildman–Crippen LogP) is 1.62. The average molecular weight is 209 g/mol. The summed E-state index contributed by atoms with van der Waals surface area (Å²) in [6.07, 6.45) is 1.70. The van der Waals surface area contributed by atoms with Gasteiger partial charge in [-0.2, -0.15) is 5.10 Å². The van der Waals surface area contributed by atoms with Gasteiger partial charge in [0.15, 0.2) is 0 Å². The van der Waals surface area contributed by atoms with Gasteiger partial charge in [-0.15, -0.1) is 0 Å². The van der Waals surface area contributed by atoms with Gasteiger partial charge >= 0.3 is 0 Å². The van der Waals surface area contributed by atoms with E-state index in [1.54, 1.807) is 0 Å². The lowest BCUT2D eigenvalue weighted by atomic mass is 9.89. The van der Waals surface area contributed by atoms with Crippen molar-refractivity contribution in [2.75, 3.05) is 0 Å². The molecule has 2 rings (SSSR count). The van der Waals surface area contributed by atoms with E-state index in [0.717, 1.165) is 24.5 Å². The summed E-state index contributed by atoms with van der Waals surface area (Å²) < 4.78 is 1.88. The Morgan fingerprint density at radius 3 is 2.47 bits per heavy atom. The Morgan fingerprint density at radius 2 is 2.07 bits per heavy atom. The van der Waals surface area contributed by atoms with Gasteiger partial charge in [-0.25, -0.2) is 9.67 Å². The van der Waals surface area contributed by atoms with E-state index in [2.05, 4.69) is 23.9 Å². The minimum Gasteiger partial charge on any atom is -0.390 e. The van der Waals surface area contributed by atoms with Gasteiger partial charge in [-0.3, -0.25) is 0 Å². The van der Waals surface area contributed by atoms with Crippen molar-refractivity contribution < 1.29 is 5.11 Å². The Bertz CT molecular complexity index is 370. The average Bonchev–Trinajstić information content (AvgIpc) is 2.56. The number of nitrogens with zero attached hydrogens (tertiary/aromatic N) is 3. The molecule has 0 amide bonds. The zero-order chi connectivity index (χ0) is 11.2. The molecule has 1 fully saturated rings. The molecule has 4 nitrogen and oxygen atoms in total. The van der Waals surface area contributed by atoms with Gasteiger partial charge in [0.2, 0.25) is 0 Å². The lowest BCUT2D eigenvalue weighted by molar-refractivity contribution is 0.0455. The topological polar surface area (TPSA) is 50.9 Å². The monoisotopic (exact) mass is 209 g/mol. The van der Waals surface area contributed by atoms with Crippen molar-refractivity contribution in [1.29, 1.82) is 0 Å². The van der Waals surface area contributed by atoms with Gasteiger partial charge in [0.25, 0.3) is 0 Å². The molecule has 0 radical (unpaired) electrons. The van der Waals surface area contributed by atoms with Crippen LogP contribution in [0.5, 0.6) is 0 Å². The Morgan fingerprint density at radius 1 is 1.40 bits per heavy atom. The first-order chi connectivity index (χ1) is 6.92. The normalized spacial score (nSPS) is 29.7. The summed E-state index contributed by atoms with van der Waals surface area (Å²) in [6.45, 7) is 8.04. The Balaban J connectivity index is 2.30. The lowest BCUT2D eigenvalue weighted by Gasteiger charge is -2.25. The zero-order valence-electron chi connectivity index (χ0n) is 9.86. The summed E-state index contributed by atoms with van der Waals surface area (Å²) >= 11 is 0. The SMILES string of the molecule is Cc1nc(C)n(C2CCC(C)(C)C2O)n1. The standard InChI is InChI=1S/C11H19N3O/c1-7-12-8(2)14(13-7)9-5-6-11(3,4)10(9)15/h9-10,15H,5-6H2,1-4H3. The number of hydrogen-bond donors (Lipinski definition) is 1. The van der Waals surface area contributed by atoms with Crippen LogP contribution in [-0.2, 0) is 0 Å². The molecule has 0 spiro atoms. The summed E-state index contributed by atoms with van der Waals surface area (Å²) in [5.74, 6) is 1.68. The molecule has 2 atom stereocenters. The zero-order valence-corrected chi connectivity index (χ0v) is 9.86. The van der Waals surface area contributed by atoms with E-state index < -0.39 is 0 Å². The van der Waals surface area contributed by atoms with Crippen LogP contribution >= 0.6 is 0 Å². The van der Waals surface area contributed by atoms with Crippen LogP contribution in [0.4, 0.5) is 0 Å². The molecular formula is C11H19N3O. The van der Waals surface area contributed by atoms with Gasteiger partial charge in [0, 0.05) is 0 Å². The smallest absolute Gasteiger partial charge is 0.147 e. The number of aliphatic hydroxyl groups is 1. The van der Waals surface area contributed by atoms with Crippen molar-refractivity contribution in [3.05, 3.63) is 11.6 Å². The van der Waals surface area contributed by atoms with Crippen LogP contribution in [0.25, 0.3) is 0 Å². The fraction of sp³-hybridized carbons (Fsp3) is 0.818. The molecule has 1 aliphatic carbocycles. The molecule has 1 aliphatic rings. The van der Waals surface area contributed by atoms with E-state index in [1.807, 2.05) is 18.5 Å². The summed E-state index contributed by atoms with van der Waals surface area (Å²) in [6, 6.07) is 0.0983. The molecule has 1 heterocycles. The highest BCUT2D eigenvalue weighted by atomic mass is 16.3. The largest absolute Gasteiger partial charge is 0.390 e. The molecule has 15 heavy (non-hydrogen) atoms.